The number of aryl methyl sites for hydroxylation is 1. The lowest BCUT2D eigenvalue weighted by Gasteiger charge is -2.22. The van der Waals surface area contributed by atoms with Gasteiger partial charge in [-0.15, -0.1) is 0 Å². The maximum atomic E-state index is 5.28. The number of hydrogen-bond donors (Lipinski definition) is 0. The van der Waals surface area contributed by atoms with Crippen LogP contribution in [0.3, 0.4) is 0 Å². The fraction of sp³-hybridized carbons (Fsp3) is 0.438. The van der Waals surface area contributed by atoms with E-state index in [1.807, 2.05) is 6.07 Å². The number of fused-ring (bicyclic) bond motifs is 1. The molecule has 0 N–H and O–H groups in total. The van der Waals surface area contributed by atoms with Crippen LogP contribution in [0.25, 0.3) is 10.9 Å². The van der Waals surface area contributed by atoms with Crippen LogP contribution in [-0.4, -0.2) is 39.3 Å². The summed E-state index contributed by atoms with van der Waals surface area (Å²) in [5, 5.41) is 1.23. The van der Waals surface area contributed by atoms with Crippen molar-refractivity contribution in [2.24, 2.45) is 0 Å². The van der Waals surface area contributed by atoms with E-state index in [1.165, 1.54) is 23.9 Å². The number of methoxy groups -OCH3 is 1. The molecule has 1 aromatic carbocycles. The second kappa shape index (κ2) is 5.57. The summed E-state index contributed by atoms with van der Waals surface area (Å²) in [6, 6.07) is 10.5. The number of nitrogens with zero attached hydrogens (tertiary/aromatic N) is 2. The Morgan fingerprint density at radius 1 is 1.16 bits per heavy atom. The fourth-order valence-electron chi connectivity index (χ4n) is 2.30. The molecule has 3 heteroatoms. The summed E-state index contributed by atoms with van der Waals surface area (Å²) >= 11 is 0. The molecule has 0 amide bonds. The molecule has 0 saturated heterocycles. The van der Waals surface area contributed by atoms with Crippen LogP contribution in [0, 0.1) is 0 Å². The van der Waals surface area contributed by atoms with Gasteiger partial charge in [0.05, 0.1) is 46.6 Å². The Kier molecular flexibility index (Phi) is 4.05. The lowest BCUT2D eigenvalue weighted by Crippen LogP contribution is -2.40. The standard InChI is InChI=1S/C16H24N2O/c1-18(2,3)12-6-11-17-10-5-7-14-13-15(19-4)8-9-16(14)17/h5,7-10,13H,6,11-12H2,1-4H3/q+2. The van der Waals surface area contributed by atoms with Gasteiger partial charge in [0.2, 0.25) is 5.52 Å². The summed E-state index contributed by atoms with van der Waals surface area (Å²) < 4.78 is 8.61. The summed E-state index contributed by atoms with van der Waals surface area (Å²) in [5.74, 6) is 0.914. The third-order valence-corrected chi connectivity index (χ3v) is 3.31. The van der Waals surface area contributed by atoms with Crippen molar-refractivity contribution in [3.05, 3.63) is 36.5 Å². The maximum absolute atomic E-state index is 5.28. The summed E-state index contributed by atoms with van der Waals surface area (Å²) in [6.45, 7) is 2.23. The largest absolute Gasteiger partial charge is 0.497 e. The molecule has 0 aliphatic heterocycles. The van der Waals surface area contributed by atoms with E-state index in [1.54, 1.807) is 7.11 Å². The van der Waals surface area contributed by atoms with E-state index in [0.29, 0.717) is 0 Å². The third-order valence-electron chi connectivity index (χ3n) is 3.31. The molecule has 0 spiro atoms. The topological polar surface area (TPSA) is 13.1 Å². The lowest BCUT2D eigenvalue weighted by molar-refractivity contribution is -0.873. The molecule has 0 radical (unpaired) electrons. The summed E-state index contributed by atoms with van der Waals surface area (Å²) in [7, 11) is 8.41. The quantitative estimate of drug-likeness (QED) is 0.593. The minimum absolute atomic E-state index is 0.914. The SMILES string of the molecule is COc1ccc2c(ccc[n+]2CCC[N+](C)(C)C)c1. The molecule has 1 aromatic heterocycles. The molecule has 0 fully saturated rings. The van der Waals surface area contributed by atoms with Crippen molar-refractivity contribution in [3.63, 3.8) is 0 Å². The highest BCUT2D eigenvalue weighted by atomic mass is 16.5. The van der Waals surface area contributed by atoms with Gasteiger partial charge in [-0.1, -0.05) is 0 Å². The zero-order chi connectivity index (χ0) is 13.9. The van der Waals surface area contributed by atoms with E-state index >= 15 is 0 Å². The predicted molar refractivity (Wildman–Crippen MR) is 78.2 cm³/mol. The summed E-state index contributed by atoms with van der Waals surface area (Å²) in [4.78, 5) is 0. The van der Waals surface area contributed by atoms with Crippen molar-refractivity contribution in [1.82, 2.24) is 0 Å². The van der Waals surface area contributed by atoms with Crippen LogP contribution in [0.15, 0.2) is 36.5 Å². The highest BCUT2D eigenvalue weighted by Gasteiger charge is 2.12. The van der Waals surface area contributed by atoms with Gasteiger partial charge in [0.25, 0.3) is 0 Å². The van der Waals surface area contributed by atoms with Gasteiger partial charge in [-0.05, 0) is 18.2 Å². The number of ether oxygens (including phenoxy) is 1. The molecule has 0 aliphatic carbocycles. The van der Waals surface area contributed by atoms with E-state index in [2.05, 4.69) is 56.2 Å². The normalized spacial score (nSPS) is 11.8. The van der Waals surface area contributed by atoms with Crippen molar-refractivity contribution in [2.45, 2.75) is 13.0 Å². The van der Waals surface area contributed by atoms with E-state index in [9.17, 15) is 0 Å². The summed E-state index contributed by atoms with van der Waals surface area (Å²) in [6.07, 6.45) is 3.34. The second-order valence-electron chi connectivity index (χ2n) is 5.99. The van der Waals surface area contributed by atoms with Gasteiger partial charge in [0.15, 0.2) is 12.7 Å². The van der Waals surface area contributed by atoms with Crippen LogP contribution in [0.2, 0.25) is 0 Å². The first-order valence-electron chi connectivity index (χ1n) is 6.76. The highest BCUT2D eigenvalue weighted by Crippen LogP contribution is 2.17. The average molecular weight is 260 g/mol. The highest BCUT2D eigenvalue weighted by molar-refractivity contribution is 5.77. The molecular weight excluding hydrogens is 236 g/mol. The van der Waals surface area contributed by atoms with Gasteiger partial charge in [-0.3, -0.25) is 0 Å². The van der Waals surface area contributed by atoms with Gasteiger partial charge in [0, 0.05) is 12.1 Å². The Balaban J connectivity index is 2.19. The lowest BCUT2D eigenvalue weighted by atomic mass is 10.2. The number of rotatable bonds is 5. The third kappa shape index (κ3) is 3.67. The molecule has 0 bridgehead atoms. The van der Waals surface area contributed by atoms with Crippen LogP contribution in [-0.2, 0) is 6.54 Å². The zero-order valence-corrected chi connectivity index (χ0v) is 12.4. The van der Waals surface area contributed by atoms with E-state index in [4.69, 9.17) is 4.74 Å². The predicted octanol–water partition coefficient (Wildman–Crippen LogP) is 2.23. The molecule has 2 aromatic rings. The second-order valence-corrected chi connectivity index (χ2v) is 5.99. The molecule has 19 heavy (non-hydrogen) atoms. The van der Waals surface area contributed by atoms with Crippen LogP contribution in [0.4, 0.5) is 0 Å². The first-order chi connectivity index (χ1) is 8.99. The summed E-state index contributed by atoms with van der Waals surface area (Å²) in [5.41, 5.74) is 1.27. The molecule has 3 nitrogen and oxygen atoms in total. The smallest absolute Gasteiger partial charge is 0.212 e. The molecule has 0 unspecified atom stereocenters. The van der Waals surface area contributed by atoms with Gasteiger partial charge in [0.1, 0.15) is 5.75 Å². The molecule has 1 heterocycles. The Hall–Kier alpha value is -1.61. The molecule has 102 valence electrons. The maximum Gasteiger partial charge on any atom is 0.212 e. The van der Waals surface area contributed by atoms with E-state index in [-0.39, 0.29) is 0 Å². The average Bonchev–Trinajstić information content (AvgIpc) is 2.37. The van der Waals surface area contributed by atoms with Crippen molar-refractivity contribution in [3.8, 4) is 5.75 Å². The number of aromatic nitrogens is 1. The van der Waals surface area contributed by atoms with Gasteiger partial charge in [-0.2, -0.15) is 4.57 Å². The Morgan fingerprint density at radius 2 is 1.95 bits per heavy atom. The van der Waals surface area contributed by atoms with Crippen molar-refractivity contribution in [1.29, 1.82) is 0 Å². The van der Waals surface area contributed by atoms with Crippen molar-refractivity contribution >= 4 is 10.9 Å². The molecular formula is C16H24N2O+2. The first-order valence-corrected chi connectivity index (χ1v) is 6.76. The number of quaternary nitrogens is 1. The van der Waals surface area contributed by atoms with Crippen molar-refractivity contribution in [2.75, 3.05) is 34.8 Å². The molecule has 2 rings (SSSR count). The zero-order valence-electron chi connectivity index (χ0n) is 12.4. The molecule has 0 aliphatic rings. The number of hydrogen-bond acceptors (Lipinski definition) is 1. The minimum atomic E-state index is 0.914. The van der Waals surface area contributed by atoms with Gasteiger partial charge in [-0.25, -0.2) is 0 Å². The monoisotopic (exact) mass is 260 g/mol. The van der Waals surface area contributed by atoms with Crippen molar-refractivity contribution < 1.29 is 13.8 Å². The van der Waals surface area contributed by atoms with Gasteiger partial charge >= 0.3 is 0 Å². The van der Waals surface area contributed by atoms with Crippen LogP contribution >= 0.6 is 0 Å². The van der Waals surface area contributed by atoms with Crippen LogP contribution in [0.5, 0.6) is 5.75 Å². The van der Waals surface area contributed by atoms with Crippen LogP contribution in [0.1, 0.15) is 6.42 Å². The van der Waals surface area contributed by atoms with Crippen LogP contribution < -0.4 is 9.30 Å². The Bertz CT molecular complexity index is 558. The minimum Gasteiger partial charge on any atom is -0.497 e. The molecule has 0 atom stereocenters. The first kappa shape index (κ1) is 13.8. The Morgan fingerprint density at radius 3 is 2.63 bits per heavy atom. The molecule has 0 saturated carbocycles. The number of pyridine rings is 1. The Labute approximate surface area is 115 Å². The van der Waals surface area contributed by atoms with E-state index in [0.717, 1.165) is 16.8 Å². The van der Waals surface area contributed by atoms with Gasteiger partial charge < -0.3 is 9.22 Å². The number of benzene rings is 1. The fourth-order valence-corrected chi connectivity index (χ4v) is 2.30. The van der Waals surface area contributed by atoms with E-state index < -0.39 is 0 Å².